The summed E-state index contributed by atoms with van der Waals surface area (Å²) in [6.07, 6.45) is -0.614. The van der Waals surface area contributed by atoms with Gasteiger partial charge in [-0.05, 0) is 37.3 Å². The first-order valence-electron chi connectivity index (χ1n) is 7.03. The Bertz CT molecular complexity index is 699. The van der Waals surface area contributed by atoms with Crippen LogP contribution in [-0.2, 0) is 4.74 Å². The molecule has 0 radical (unpaired) electrons. The van der Waals surface area contributed by atoms with Crippen LogP contribution in [0.5, 0.6) is 11.5 Å². The van der Waals surface area contributed by atoms with Crippen LogP contribution in [-0.4, -0.2) is 30.8 Å². The number of rotatable bonds is 4. The zero-order valence-corrected chi connectivity index (χ0v) is 12.9. The third-order valence-electron chi connectivity index (χ3n) is 3.09. The summed E-state index contributed by atoms with van der Waals surface area (Å²) in [6, 6.07) is 12.9. The molecular weight excluding hydrogens is 298 g/mol. The SMILES string of the molecule is CCOC(=O)c1cc(OC(=O)N(C)c2ccccc2)ccc1O. The number of carbonyl (C=O) groups excluding carboxylic acids is 2. The van der Waals surface area contributed by atoms with Gasteiger partial charge in [-0.3, -0.25) is 4.90 Å². The zero-order valence-electron chi connectivity index (χ0n) is 12.9. The van der Waals surface area contributed by atoms with Crippen molar-refractivity contribution in [1.29, 1.82) is 0 Å². The van der Waals surface area contributed by atoms with Gasteiger partial charge in [-0.1, -0.05) is 18.2 Å². The lowest BCUT2D eigenvalue weighted by atomic mass is 10.2. The van der Waals surface area contributed by atoms with Gasteiger partial charge in [0.15, 0.2) is 0 Å². The van der Waals surface area contributed by atoms with Gasteiger partial charge in [-0.2, -0.15) is 0 Å². The predicted molar refractivity (Wildman–Crippen MR) is 84.9 cm³/mol. The van der Waals surface area contributed by atoms with Gasteiger partial charge in [0.05, 0.1) is 6.61 Å². The number of ether oxygens (including phenoxy) is 2. The summed E-state index contributed by atoms with van der Waals surface area (Å²) < 4.78 is 10.1. The molecule has 0 saturated carbocycles. The molecule has 0 bridgehead atoms. The molecule has 0 fully saturated rings. The molecule has 6 nitrogen and oxygen atoms in total. The maximum Gasteiger partial charge on any atom is 0.419 e. The number of phenols is 1. The first-order valence-corrected chi connectivity index (χ1v) is 7.03. The van der Waals surface area contributed by atoms with Gasteiger partial charge < -0.3 is 14.6 Å². The quantitative estimate of drug-likeness (QED) is 0.877. The van der Waals surface area contributed by atoms with Crippen molar-refractivity contribution in [3.63, 3.8) is 0 Å². The Kier molecular flexibility index (Phi) is 5.19. The second-order valence-electron chi connectivity index (χ2n) is 4.66. The summed E-state index contributed by atoms with van der Waals surface area (Å²) in [7, 11) is 1.57. The van der Waals surface area contributed by atoms with Crippen molar-refractivity contribution in [3.05, 3.63) is 54.1 Å². The molecule has 0 unspecified atom stereocenters. The topological polar surface area (TPSA) is 76.1 Å². The standard InChI is InChI=1S/C17H17NO5/c1-3-22-16(20)14-11-13(9-10-15(14)19)23-17(21)18(2)12-7-5-4-6-8-12/h4-11,19H,3H2,1-2H3. The van der Waals surface area contributed by atoms with Crippen LogP contribution in [0, 0.1) is 0 Å². The number of hydrogen-bond acceptors (Lipinski definition) is 5. The van der Waals surface area contributed by atoms with Crippen molar-refractivity contribution in [2.75, 3.05) is 18.6 Å². The molecule has 0 atom stereocenters. The fourth-order valence-electron chi connectivity index (χ4n) is 1.88. The van der Waals surface area contributed by atoms with Gasteiger partial charge in [0.25, 0.3) is 0 Å². The predicted octanol–water partition coefficient (Wildman–Crippen LogP) is 3.20. The maximum atomic E-state index is 12.1. The number of benzene rings is 2. The van der Waals surface area contributed by atoms with Crippen LogP contribution in [0.1, 0.15) is 17.3 Å². The molecule has 0 aliphatic rings. The van der Waals surface area contributed by atoms with Crippen LogP contribution in [0.15, 0.2) is 48.5 Å². The molecule has 0 aliphatic carbocycles. The summed E-state index contributed by atoms with van der Waals surface area (Å²) in [5.41, 5.74) is 0.612. The lowest BCUT2D eigenvalue weighted by Gasteiger charge is -2.17. The highest BCUT2D eigenvalue weighted by Gasteiger charge is 2.17. The fourth-order valence-corrected chi connectivity index (χ4v) is 1.88. The number of nitrogens with zero attached hydrogens (tertiary/aromatic N) is 1. The van der Waals surface area contributed by atoms with E-state index in [1.54, 1.807) is 38.2 Å². The maximum absolute atomic E-state index is 12.1. The lowest BCUT2D eigenvalue weighted by Crippen LogP contribution is -2.29. The normalized spacial score (nSPS) is 10.0. The summed E-state index contributed by atoms with van der Waals surface area (Å²) in [6.45, 7) is 1.84. The van der Waals surface area contributed by atoms with E-state index in [1.165, 1.54) is 23.1 Å². The Morgan fingerprint density at radius 2 is 1.83 bits per heavy atom. The number of esters is 1. The Morgan fingerprint density at radius 1 is 1.13 bits per heavy atom. The molecule has 0 saturated heterocycles. The molecule has 1 N–H and O–H groups in total. The molecule has 6 heteroatoms. The van der Waals surface area contributed by atoms with Gasteiger partial charge in [0.1, 0.15) is 17.1 Å². The van der Waals surface area contributed by atoms with Crippen molar-refractivity contribution in [1.82, 2.24) is 0 Å². The molecule has 0 heterocycles. The molecule has 0 aromatic heterocycles. The Labute approximate surface area is 133 Å². The first kappa shape index (κ1) is 16.4. The van der Waals surface area contributed by atoms with Crippen LogP contribution in [0.4, 0.5) is 10.5 Å². The van der Waals surface area contributed by atoms with E-state index in [4.69, 9.17) is 9.47 Å². The fraction of sp³-hybridized carbons (Fsp3) is 0.176. The molecule has 2 rings (SSSR count). The molecule has 2 aromatic carbocycles. The van der Waals surface area contributed by atoms with Gasteiger partial charge >= 0.3 is 12.1 Å². The number of anilines is 1. The Morgan fingerprint density at radius 3 is 2.48 bits per heavy atom. The number of phenolic OH excluding ortho intramolecular Hbond substituents is 1. The van der Waals surface area contributed by atoms with E-state index < -0.39 is 12.1 Å². The average Bonchev–Trinajstić information content (AvgIpc) is 2.56. The number of carbonyl (C=O) groups is 2. The third-order valence-corrected chi connectivity index (χ3v) is 3.09. The zero-order chi connectivity index (χ0) is 16.8. The molecule has 0 spiro atoms. The van der Waals surface area contributed by atoms with E-state index in [0.29, 0.717) is 5.69 Å². The van der Waals surface area contributed by atoms with Crippen LogP contribution >= 0.6 is 0 Å². The van der Waals surface area contributed by atoms with E-state index >= 15 is 0 Å². The highest BCUT2D eigenvalue weighted by atomic mass is 16.6. The largest absolute Gasteiger partial charge is 0.507 e. The van der Waals surface area contributed by atoms with Crippen molar-refractivity contribution in [2.24, 2.45) is 0 Å². The highest BCUT2D eigenvalue weighted by molar-refractivity contribution is 5.93. The third kappa shape index (κ3) is 4.00. The van der Waals surface area contributed by atoms with Crippen molar-refractivity contribution >= 4 is 17.7 Å². The van der Waals surface area contributed by atoms with Crippen molar-refractivity contribution in [2.45, 2.75) is 6.92 Å². The molecule has 1 amide bonds. The van der Waals surface area contributed by atoms with Crippen LogP contribution in [0.3, 0.4) is 0 Å². The van der Waals surface area contributed by atoms with Gasteiger partial charge in [0, 0.05) is 12.7 Å². The highest BCUT2D eigenvalue weighted by Crippen LogP contribution is 2.24. The van der Waals surface area contributed by atoms with E-state index in [-0.39, 0.29) is 23.7 Å². The number of para-hydroxylation sites is 1. The van der Waals surface area contributed by atoms with E-state index in [0.717, 1.165) is 0 Å². The van der Waals surface area contributed by atoms with Crippen molar-refractivity contribution in [3.8, 4) is 11.5 Å². The second kappa shape index (κ2) is 7.31. The summed E-state index contributed by atoms with van der Waals surface area (Å²) in [5, 5.41) is 9.70. The van der Waals surface area contributed by atoms with Crippen LogP contribution < -0.4 is 9.64 Å². The lowest BCUT2D eigenvalue weighted by molar-refractivity contribution is 0.0522. The molecule has 23 heavy (non-hydrogen) atoms. The molecule has 120 valence electrons. The second-order valence-corrected chi connectivity index (χ2v) is 4.66. The van der Waals surface area contributed by atoms with Gasteiger partial charge in [0.2, 0.25) is 0 Å². The smallest absolute Gasteiger partial charge is 0.419 e. The molecular formula is C17H17NO5. The van der Waals surface area contributed by atoms with E-state index in [1.807, 2.05) is 6.07 Å². The average molecular weight is 315 g/mol. The number of hydrogen-bond donors (Lipinski definition) is 1. The summed E-state index contributed by atoms with van der Waals surface area (Å²) >= 11 is 0. The Hall–Kier alpha value is -3.02. The minimum Gasteiger partial charge on any atom is -0.507 e. The Balaban J connectivity index is 2.15. The first-order chi connectivity index (χ1) is 11.0. The van der Waals surface area contributed by atoms with Crippen molar-refractivity contribution < 1.29 is 24.2 Å². The minimum atomic E-state index is -0.681. The number of amides is 1. The van der Waals surface area contributed by atoms with Gasteiger partial charge in [-0.25, -0.2) is 9.59 Å². The van der Waals surface area contributed by atoms with E-state index in [2.05, 4.69) is 0 Å². The monoisotopic (exact) mass is 315 g/mol. The number of aromatic hydroxyl groups is 1. The van der Waals surface area contributed by atoms with Crippen LogP contribution in [0.2, 0.25) is 0 Å². The van der Waals surface area contributed by atoms with Crippen LogP contribution in [0.25, 0.3) is 0 Å². The minimum absolute atomic E-state index is 0.0560. The molecule has 2 aromatic rings. The van der Waals surface area contributed by atoms with Gasteiger partial charge in [-0.15, -0.1) is 0 Å². The summed E-state index contributed by atoms with van der Waals surface area (Å²) in [4.78, 5) is 25.2. The molecule has 0 aliphatic heterocycles. The summed E-state index contributed by atoms with van der Waals surface area (Å²) in [5.74, 6) is -0.780. The van der Waals surface area contributed by atoms with E-state index in [9.17, 15) is 14.7 Å².